The lowest BCUT2D eigenvalue weighted by Crippen LogP contribution is -2.38. The zero-order valence-electron chi connectivity index (χ0n) is 9.47. The molecule has 0 amide bonds. The molecular formula is C8H14BrN3O3S. The normalized spacial score (nSPS) is 15.1. The van der Waals surface area contributed by atoms with Crippen LogP contribution < -0.4 is 0 Å². The molecule has 1 rings (SSSR count). The molecule has 0 fully saturated rings. The number of hydrogen-bond acceptors (Lipinski definition) is 5. The maximum Gasteiger partial charge on any atom is 0.155 e. The van der Waals surface area contributed by atoms with Gasteiger partial charge in [-0.15, -0.1) is 5.10 Å². The van der Waals surface area contributed by atoms with Gasteiger partial charge in [0.15, 0.2) is 14.4 Å². The highest BCUT2D eigenvalue weighted by atomic mass is 79.9. The van der Waals surface area contributed by atoms with Crippen LogP contribution in [0.2, 0.25) is 0 Å². The van der Waals surface area contributed by atoms with E-state index in [0.29, 0.717) is 10.3 Å². The standard InChI is InChI=1S/C8H14BrN3O3S/c1-8(2,16(4,14)15)6(13)5-7(9)10-11-12(5)3/h6,13H,1-4H3. The maximum absolute atomic E-state index is 11.6. The average Bonchev–Trinajstić information content (AvgIpc) is 2.43. The Kier molecular flexibility index (Phi) is 3.47. The highest BCUT2D eigenvalue weighted by Crippen LogP contribution is 2.34. The molecule has 1 heterocycles. The molecule has 1 aromatic heterocycles. The Hall–Kier alpha value is -0.470. The fourth-order valence-electron chi connectivity index (χ4n) is 1.16. The first-order valence-corrected chi connectivity index (χ1v) is 7.20. The van der Waals surface area contributed by atoms with Gasteiger partial charge in [0.05, 0.1) is 4.75 Å². The number of aliphatic hydroxyl groups is 1. The molecule has 0 aliphatic carbocycles. The van der Waals surface area contributed by atoms with E-state index >= 15 is 0 Å². The third-order valence-corrected chi connectivity index (χ3v) is 5.40. The minimum Gasteiger partial charge on any atom is -0.385 e. The lowest BCUT2D eigenvalue weighted by atomic mass is 10.0. The molecule has 8 heteroatoms. The van der Waals surface area contributed by atoms with Gasteiger partial charge >= 0.3 is 0 Å². The largest absolute Gasteiger partial charge is 0.385 e. The van der Waals surface area contributed by atoms with Crippen molar-refractivity contribution in [3.8, 4) is 0 Å². The first kappa shape index (κ1) is 13.6. The Bertz CT molecular complexity index is 475. The highest BCUT2D eigenvalue weighted by Gasteiger charge is 2.41. The molecule has 0 aliphatic rings. The van der Waals surface area contributed by atoms with E-state index in [4.69, 9.17) is 0 Å². The van der Waals surface area contributed by atoms with Crippen LogP contribution in [0.15, 0.2) is 4.60 Å². The fraction of sp³-hybridized carbons (Fsp3) is 0.750. The number of aryl methyl sites for hydroxylation is 1. The molecule has 16 heavy (non-hydrogen) atoms. The average molecular weight is 312 g/mol. The van der Waals surface area contributed by atoms with Crippen LogP contribution >= 0.6 is 15.9 Å². The Morgan fingerprint density at radius 1 is 1.50 bits per heavy atom. The summed E-state index contributed by atoms with van der Waals surface area (Å²) in [7, 11) is -1.81. The van der Waals surface area contributed by atoms with Crippen LogP contribution in [0.5, 0.6) is 0 Å². The third kappa shape index (κ3) is 2.14. The zero-order valence-corrected chi connectivity index (χ0v) is 11.9. The molecule has 0 bridgehead atoms. The van der Waals surface area contributed by atoms with E-state index in [2.05, 4.69) is 26.2 Å². The van der Waals surface area contributed by atoms with Gasteiger partial charge < -0.3 is 5.11 Å². The van der Waals surface area contributed by atoms with Gasteiger partial charge in [-0.25, -0.2) is 13.1 Å². The SMILES string of the molecule is Cn1nnc(Br)c1C(O)C(C)(C)S(C)(=O)=O. The number of aromatic nitrogens is 3. The molecule has 1 N–H and O–H groups in total. The number of sulfone groups is 1. The first-order valence-electron chi connectivity index (χ1n) is 4.51. The molecule has 0 radical (unpaired) electrons. The van der Waals surface area contributed by atoms with E-state index in [-0.39, 0.29) is 0 Å². The lowest BCUT2D eigenvalue weighted by molar-refractivity contribution is 0.130. The zero-order chi connectivity index (χ0) is 12.7. The monoisotopic (exact) mass is 311 g/mol. The number of hydrogen-bond donors (Lipinski definition) is 1. The number of halogens is 1. The summed E-state index contributed by atoms with van der Waals surface area (Å²) >= 11 is 3.13. The quantitative estimate of drug-likeness (QED) is 0.875. The van der Waals surface area contributed by atoms with E-state index in [9.17, 15) is 13.5 Å². The van der Waals surface area contributed by atoms with E-state index in [1.807, 2.05) is 0 Å². The second kappa shape index (κ2) is 4.08. The summed E-state index contributed by atoms with van der Waals surface area (Å²) in [6.45, 7) is 2.93. The molecule has 1 unspecified atom stereocenters. The van der Waals surface area contributed by atoms with Crippen LogP contribution in [0.3, 0.4) is 0 Å². The van der Waals surface area contributed by atoms with Gasteiger partial charge in [0.25, 0.3) is 0 Å². The molecule has 0 saturated heterocycles. The van der Waals surface area contributed by atoms with Crippen LogP contribution in [0.25, 0.3) is 0 Å². The summed E-state index contributed by atoms with van der Waals surface area (Å²) in [5, 5.41) is 17.5. The highest BCUT2D eigenvalue weighted by molar-refractivity contribution is 9.10. The van der Waals surface area contributed by atoms with Crippen LogP contribution in [-0.2, 0) is 16.9 Å². The van der Waals surface area contributed by atoms with Crippen LogP contribution in [0, 0.1) is 0 Å². The van der Waals surface area contributed by atoms with Crippen LogP contribution in [0.1, 0.15) is 25.6 Å². The Morgan fingerprint density at radius 2 is 2.00 bits per heavy atom. The third-order valence-electron chi connectivity index (χ3n) is 2.70. The van der Waals surface area contributed by atoms with Crippen molar-refractivity contribution in [1.82, 2.24) is 15.0 Å². The van der Waals surface area contributed by atoms with Gasteiger partial charge in [0.1, 0.15) is 11.8 Å². The Morgan fingerprint density at radius 3 is 2.31 bits per heavy atom. The van der Waals surface area contributed by atoms with Gasteiger partial charge in [-0.05, 0) is 29.8 Å². The number of nitrogens with zero attached hydrogens (tertiary/aromatic N) is 3. The molecule has 6 nitrogen and oxygen atoms in total. The van der Waals surface area contributed by atoms with Crippen molar-refractivity contribution in [2.24, 2.45) is 7.05 Å². The van der Waals surface area contributed by atoms with E-state index in [1.54, 1.807) is 7.05 Å². The lowest BCUT2D eigenvalue weighted by Gasteiger charge is -2.28. The van der Waals surface area contributed by atoms with Gasteiger partial charge in [0, 0.05) is 13.3 Å². The van der Waals surface area contributed by atoms with Crippen LogP contribution in [-0.4, -0.2) is 39.5 Å². The number of aliphatic hydroxyl groups excluding tert-OH is 1. The van der Waals surface area contributed by atoms with E-state index in [0.717, 1.165) is 6.26 Å². The molecule has 92 valence electrons. The minimum atomic E-state index is -3.40. The van der Waals surface area contributed by atoms with E-state index < -0.39 is 20.7 Å². The second-order valence-corrected chi connectivity index (χ2v) is 7.51. The second-order valence-electron chi connectivity index (χ2n) is 4.17. The van der Waals surface area contributed by atoms with Gasteiger partial charge in [0.2, 0.25) is 0 Å². The van der Waals surface area contributed by atoms with Gasteiger partial charge in [-0.2, -0.15) is 0 Å². The molecule has 1 aromatic rings. The summed E-state index contributed by atoms with van der Waals surface area (Å²) in [4.78, 5) is 0. The van der Waals surface area contributed by atoms with Crippen molar-refractivity contribution in [2.75, 3.05) is 6.26 Å². The molecule has 1 atom stereocenters. The number of rotatable bonds is 3. The van der Waals surface area contributed by atoms with Crippen molar-refractivity contribution in [3.05, 3.63) is 10.3 Å². The molecule has 0 saturated carbocycles. The summed E-state index contributed by atoms with van der Waals surface area (Å²) in [5.74, 6) is 0. The summed E-state index contributed by atoms with van der Waals surface area (Å²) in [5.41, 5.74) is 0.343. The smallest absolute Gasteiger partial charge is 0.155 e. The Labute approximate surface area is 103 Å². The van der Waals surface area contributed by atoms with Gasteiger partial charge in [-0.1, -0.05) is 5.21 Å². The molecule has 0 spiro atoms. The van der Waals surface area contributed by atoms with Crippen LogP contribution in [0.4, 0.5) is 0 Å². The summed E-state index contributed by atoms with van der Waals surface area (Å²) in [6.07, 6.45) is -0.106. The van der Waals surface area contributed by atoms with Crippen molar-refractivity contribution in [3.63, 3.8) is 0 Å². The fourth-order valence-corrected chi connectivity index (χ4v) is 2.22. The van der Waals surface area contributed by atoms with Crippen molar-refractivity contribution in [2.45, 2.75) is 24.7 Å². The predicted molar refractivity (Wildman–Crippen MR) is 62.6 cm³/mol. The topological polar surface area (TPSA) is 85.1 Å². The molecule has 0 aliphatic heterocycles. The molecule has 0 aromatic carbocycles. The van der Waals surface area contributed by atoms with E-state index in [1.165, 1.54) is 18.5 Å². The summed E-state index contributed by atoms with van der Waals surface area (Å²) < 4.78 is 23.6. The maximum atomic E-state index is 11.6. The van der Waals surface area contributed by atoms with Crippen molar-refractivity contribution >= 4 is 25.8 Å². The summed E-state index contributed by atoms with van der Waals surface area (Å²) in [6, 6.07) is 0. The predicted octanol–water partition coefficient (Wildman–Crippen LogP) is 0.434. The van der Waals surface area contributed by atoms with Gasteiger partial charge in [-0.3, -0.25) is 0 Å². The van der Waals surface area contributed by atoms with Crippen molar-refractivity contribution in [1.29, 1.82) is 0 Å². The minimum absolute atomic E-state index is 0.343. The molecular weight excluding hydrogens is 298 g/mol. The van der Waals surface area contributed by atoms with Crippen molar-refractivity contribution < 1.29 is 13.5 Å². The first-order chi connectivity index (χ1) is 7.09. The Balaban J connectivity index is 3.28.